The largest absolute Gasteiger partial charge is 0.496 e. The van der Waals surface area contributed by atoms with E-state index in [1.54, 1.807) is 7.11 Å². The second-order valence-electron chi connectivity index (χ2n) is 5.69. The standard InChI is InChI=1S/C19H31N3O.HI/c1-6-8-11-14-22(4)19(20-7-2)21-15-16(3)17-12-9-10-13-18(17)23-5;/h6,9-10,12-13,16H,1,7-8,11,14-15H2,2-5H3,(H,20,21);1H. The SMILES string of the molecule is C=CCCCN(C)C(=NCC(C)c1ccccc1OC)NCC.I. The fourth-order valence-corrected chi connectivity index (χ4v) is 2.44. The lowest BCUT2D eigenvalue weighted by molar-refractivity contribution is 0.406. The first-order valence-electron chi connectivity index (χ1n) is 8.37. The van der Waals surface area contributed by atoms with Crippen LogP contribution in [-0.2, 0) is 0 Å². The van der Waals surface area contributed by atoms with Crippen molar-refractivity contribution in [1.82, 2.24) is 10.2 Å². The lowest BCUT2D eigenvalue weighted by Crippen LogP contribution is -2.39. The number of guanidine groups is 1. The van der Waals surface area contributed by atoms with Crippen molar-refractivity contribution in [3.63, 3.8) is 0 Å². The highest BCUT2D eigenvalue weighted by molar-refractivity contribution is 14.0. The second kappa shape index (κ2) is 13.1. The van der Waals surface area contributed by atoms with E-state index in [1.165, 1.54) is 5.56 Å². The van der Waals surface area contributed by atoms with Crippen LogP contribution in [0.15, 0.2) is 41.9 Å². The Bertz CT molecular complexity index is 505. The van der Waals surface area contributed by atoms with Crippen molar-refractivity contribution in [3.05, 3.63) is 42.5 Å². The molecular weight excluding hydrogens is 413 g/mol. The summed E-state index contributed by atoms with van der Waals surface area (Å²) in [6.45, 7) is 10.6. The van der Waals surface area contributed by atoms with Gasteiger partial charge in [0.2, 0.25) is 0 Å². The van der Waals surface area contributed by atoms with E-state index in [9.17, 15) is 0 Å². The minimum absolute atomic E-state index is 0. The number of rotatable bonds is 9. The van der Waals surface area contributed by atoms with E-state index in [0.717, 1.165) is 44.2 Å². The fraction of sp³-hybridized carbons (Fsp3) is 0.526. The van der Waals surface area contributed by atoms with Crippen LogP contribution in [0.5, 0.6) is 5.75 Å². The zero-order valence-corrected chi connectivity index (χ0v) is 17.7. The average Bonchev–Trinajstić information content (AvgIpc) is 2.58. The molecule has 1 aromatic carbocycles. The Balaban J connectivity index is 0.00000529. The normalized spacial score (nSPS) is 12.1. The molecular formula is C19H32IN3O. The van der Waals surface area contributed by atoms with Gasteiger partial charge in [0, 0.05) is 32.6 Å². The number of allylic oxidation sites excluding steroid dienone is 1. The third kappa shape index (κ3) is 7.55. The van der Waals surface area contributed by atoms with E-state index in [-0.39, 0.29) is 24.0 Å². The minimum atomic E-state index is 0. The first-order chi connectivity index (χ1) is 11.1. The number of unbranched alkanes of at least 4 members (excludes halogenated alkanes) is 1. The summed E-state index contributed by atoms with van der Waals surface area (Å²) in [5, 5.41) is 3.36. The number of methoxy groups -OCH3 is 1. The molecule has 24 heavy (non-hydrogen) atoms. The van der Waals surface area contributed by atoms with Crippen LogP contribution in [0.1, 0.15) is 38.2 Å². The van der Waals surface area contributed by atoms with Gasteiger partial charge in [0.25, 0.3) is 0 Å². The molecule has 4 nitrogen and oxygen atoms in total. The van der Waals surface area contributed by atoms with Crippen molar-refractivity contribution < 1.29 is 4.74 Å². The van der Waals surface area contributed by atoms with Gasteiger partial charge in [-0.2, -0.15) is 0 Å². The summed E-state index contributed by atoms with van der Waals surface area (Å²) >= 11 is 0. The summed E-state index contributed by atoms with van der Waals surface area (Å²) in [6.07, 6.45) is 4.08. The van der Waals surface area contributed by atoms with Crippen LogP contribution in [0, 0.1) is 0 Å². The van der Waals surface area contributed by atoms with Crippen molar-refractivity contribution in [2.75, 3.05) is 33.8 Å². The fourth-order valence-electron chi connectivity index (χ4n) is 2.44. The quantitative estimate of drug-likeness (QED) is 0.203. The molecule has 0 aromatic heterocycles. The van der Waals surface area contributed by atoms with Crippen LogP contribution in [0.4, 0.5) is 0 Å². The molecule has 0 aliphatic rings. The molecule has 0 spiro atoms. The van der Waals surface area contributed by atoms with E-state index in [4.69, 9.17) is 9.73 Å². The molecule has 0 aliphatic heterocycles. The van der Waals surface area contributed by atoms with Gasteiger partial charge in [0.15, 0.2) is 5.96 Å². The van der Waals surface area contributed by atoms with Crippen LogP contribution in [0.2, 0.25) is 0 Å². The minimum Gasteiger partial charge on any atom is -0.496 e. The van der Waals surface area contributed by atoms with Crippen LogP contribution in [0.25, 0.3) is 0 Å². The van der Waals surface area contributed by atoms with Gasteiger partial charge in [-0.1, -0.05) is 31.2 Å². The van der Waals surface area contributed by atoms with Crippen LogP contribution >= 0.6 is 24.0 Å². The van der Waals surface area contributed by atoms with Gasteiger partial charge in [-0.05, 0) is 31.4 Å². The summed E-state index contributed by atoms with van der Waals surface area (Å²) in [7, 11) is 3.80. The number of hydrogen-bond donors (Lipinski definition) is 1. The Morgan fingerprint density at radius 1 is 1.42 bits per heavy atom. The van der Waals surface area contributed by atoms with E-state index >= 15 is 0 Å². The molecule has 1 N–H and O–H groups in total. The smallest absolute Gasteiger partial charge is 0.193 e. The number of benzene rings is 1. The van der Waals surface area contributed by atoms with Crippen LogP contribution < -0.4 is 10.1 Å². The summed E-state index contributed by atoms with van der Waals surface area (Å²) < 4.78 is 5.45. The van der Waals surface area contributed by atoms with Crippen molar-refractivity contribution >= 4 is 29.9 Å². The predicted molar refractivity (Wildman–Crippen MR) is 115 cm³/mol. The first-order valence-corrected chi connectivity index (χ1v) is 8.37. The van der Waals surface area contributed by atoms with Gasteiger partial charge in [0.05, 0.1) is 7.11 Å². The second-order valence-corrected chi connectivity index (χ2v) is 5.69. The summed E-state index contributed by atoms with van der Waals surface area (Å²) in [5.41, 5.74) is 1.20. The van der Waals surface area contributed by atoms with E-state index < -0.39 is 0 Å². The number of hydrogen-bond acceptors (Lipinski definition) is 2. The summed E-state index contributed by atoms with van der Waals surface area (Å²) in [6, 6.07) is 8.16. The lowest BCUT2D eigenvalue weighted by Gasteiger charge is -2.22. The van der Waals surface area contributed by atoms with E-state index in [2.05, 4.69) is 43.8 Å². The average molecular weight is 445 g/mol. The summed E-state index contributed by atoms with van der Waals surface area (Å²) in [4.78, 5) is 6.98. The monoisotopic (exact) mass is 445 g/mol. The number of nitrogens with one attached hydrogen (secondary N) is 1. The van der Waals surface area contributed by atoms with Gasteiger partial charge in [-0.25, -0.2) is 0 Å². The van der Waals surface area contributed by atoms with Gasteiger partial charge in [-0.3, -0.25) is 4.99 Å². The van der Waals surface area contributed by atoms with Crippen molar-refractivity contribution in [1.29, 1.82) is 0 Å². The zero-order valence-electron chi connectivity index (χ0n) is 15.4. The summed E-state index contributed by atoms with van der Waals surface area (Å²) in [5.74, 6) is 2.19. The first kappa shape index (κ1) is 22.8. The molecule has 0 fully saturated rings. The maximum atomic E-state index is 5.45. The molecule has 1 aromatic rings. The predicted octanol–water partition coefficient (Wildman–Crippen LogP) is 4.28. The molecule has 5 heteroatoms. The van der Waals surface area contributed by atoms with Gasteiger partial charge in [-0.15, -0.1) is 30.6 Å². The number of nitrogens with zero attached hydrogens (tertiary/aromatic N) is 2. The number of para-hydroxylation sites is 1. The highest BCUT2D eigenvalue weighted by Gasteiger charge is 2.12. The van der Waals surface area contributed by atoms with Gasteiger partial charge in [0.1, 0.15) is 5.75 Å². The van der Waals surface area contributed by atoms with Crippen LogP contribution in [-0.4, -0.2) is 44.7 Å². The Labute approximate surface area is 164 Å². The Morgan fingerprint density at radius 2 is 2.12 bits per heavy atom. The molecule has 0 bridgehead atoms. The number of ether oxygens (including phenoxy) is 1. The van der Waals surface area contributed by atoms with Gasteiger partial charge >= 0.3 is 0 Å². The molecule has 0 saturated carbocycles. The van der Waals surface area contributed by atoms with E-state index in [1.807, 2.05) is 24.3 Å². The molecule has 1 rings (SSSR count). The number of halogens is 1. The van der Waals surface area contributed by atoms with Crippen molar-refractivity contribution in [3.8, 4) is 5.75 Å². The highest BCUT2D eigenvalue weighted by atomic mass is 127. The maximum Gasteiger partial charge on any atom is 0.193 e. The topological polar surface area (TPSA) is 36.9 Å². The molecule has 0 aliphatic carbocycles. The molecule has 1 unspecified atom stereocenters. The Kier molecular flexibility index (Phi) is 12.4. The van der Waals surface area contributed by atoms with Crippen molar-refractivity contribution in [2.24, 2.45) is 4.99 Å². The third-order valence-corrected chi connectivity index (χ3v) is 3.78. The van der Waals surface area contributed by atoms with Crippen molar-refractivity contribution in [2.45, 2.75) is 32.6 Å². The van der Waals surface area contributed by atoms with Crippen LogP contribution in [0.3, 0.4) is 0 Å². The molecule has 0 radical (unpaired) electrons. The lowest BCUT2D eigenvalue weighted by atomic mass is 10.0. The molecule has 0 amide bonds. The Hall–Kier alpha value is -1.24. The zero-order chi connectivity index (χ0) is 17.1. The Morgan fingerprint density at radius 3 is 2.75 bits per heavy atom. The molecule has 0 saturated heterocycles. The highest BCUT2D eigenvalue weighted by Crippen LogP contribution is 2.26. The van der Waals surface area contributed by atoms with E-state index in [0.29, 0.717) is 5.92 Å². The van der Waals surface area contributed by atoms with Gasteiger partial charge < -0.3 is 15.0 Å². The molecule has 1 atom stereocenters. The molecule has 0 heterocycles. The third-order valence-electron chi connectivity index (χ3n) is 3.78. The maximum absolute atomic E-state index is 5.45. The molecule has 136 valence electrons. The number of aliphatic imine (C=N–C) groups is 1.